The number of hydrogen-bond donors (Lipinski definition) is 0. The molecule has 0 saturated carbocycles. The first-order valence-electron chi connectivity index (χ1n) is 13.8. The second kappa shape index (κ2) is 11.5. The summed E-state index contributed by atoms with van der Waals surface area (Å²) < 4.78 is 7.07. The number of Topliss-reactive ketones (excluding diaryl/α,β-unsaturated/α-hetero) is 1. The van der Waals surface area contributed by atoms with Crippen LogP contribution in [0.25, 0.3) is 27.9 Å². The van der Waals surface area contributed by atoms with Crippen molar-refractivity contribution >= 4 is 17.1 Å². The molecule has 0 aliphatic carbocycles. The Morgan fingerprint density at radius 1 is 0.805 bits per heavy atom. The van der Waals surface area contributed by atoms with Crippen LogP contribution in [0.3, 0.4) is 0 Å². The summed E-state index contributed by atoms with van der Waals surface area (Å²) >= 11 is 0. The number of rotatable bonds is 8. The van der Waals surface area contributed by atoms with Crippen LogP contribution in [0, 0.1) is 0 Å². The van der Waals surface area contributed by atoms with Crippen molar-refractivity contribution < 1.29 is 14.3 Å². The number of ether oxygens (including phenoxy) is 1. The van der Waals surface area contributed by atoms with Crippen LogP contribution < -0.4 is 4.74 Å². The van der Waals surface area contributed by atoms with Crippen molar-refractivity contribution in [1.82, 2.24) is 19.2 Å². The molecule has 1 fully saturated rings. The van der Waals surface area contributed by atoms with Crippen molar-refractivity contribution in [2.75, 3.05) is 46.9 Å². The second-order valence-electron chi connectivity index (χ2n) is 10.5. The molecule has 0 amide bonds. The number of nitrogens with zero attached hydrogens (tertiary/aromatic N) is 4. The van der Waals surface area contributed by atoms with Gasteiger partial charge in [-0.1, -0.05) is 66.7 Å². The number of carbonyl (C=O) groups excluding carboxylic acids is 2. The smallest absolute Gasteiger partial charge is 0.209 e. The van der Waals surface area contributed by atoms with Crippen molar-refractivity contribution in [2.24, 2.45) is 0 Å². The molecule has 206 valence electrons. The number of methoxy groups -OCH3 is 1. The third-order valence-corrected chi connectivity index (χ3v) is 7.78. The molecule has 0 unspecified atom stereocenters. The Labute approximate surface area is 239 Å². The molecule has 0 spiro atoms. The van der Waals surface area contributed by atoms with E-state index in [1.807, 2.05) is 36.4 Å². The number of benzene rings is 3. The predicted molar refractivity (Wildman–Crippen MR) is 161 cm³/mol. The SMILES string of the molecule is COc1cccc(C(=O)c2cc(C(=O)CN3CCN(C)CC3)c3cc(-c4ccc(-c5ccccc5)cc4)ncn23)c1. The first-order valence-corrected chi connectivity index (χ1v) is 13.8. The summed E-state index contributed by atoms with van der Waals surface area (Å²) in [6, 6.07) is 29.1. The summed E-state index contributed by atoms with van der Waals surface area (Å²) in [6.45, 7) is 3.84. The van der Waals surface area contributed by atoms with Crippen LogP contribution in [-0.2, 0) is 0 Å². The van der Waals surface area contributed by atoms with Crippen LogP contribution in [-0.4, -0.2) is 77.6 Å². The minimum atomic E-state index is -0.195. The van der Waals surface area contributed by atoms with E-state index in [0.29, 0.717) is 34.6 Å². The molecule has 0 atom stereocenters. The van der Waals surface area contributed by atoms with Gasteiger partial charge in [0.05, 0.1) is 30.6 Å². The quantitative estimate of drug-likeness (QED) is 0.246. The van der Waals surface area contributed by atoms with Crippen molar-refractivity contribution in [3.63, 3.8) is 0 Å². The van der Waals surface area contributed by atoms with E-state index in [-0.39, 0.29) is 11.6 Å². The van der Waals surface area contributed by atoms with E-state index >= 15 is 0 Å². The van der Waals surface area contributed by atoms with Crippen LogP contribution in [0.4, 0.5) is 0 Å². The molecule has 1 aliphatic rings. The summed E-state index contributed by atoms with van der Waals surface area (Å²) in [6.07, 6.45) is 1.65. The van der Waals surface area contributed by atoms with Gasteiger partial charge in [0.15, 0.2) is 5.78 Å². The van der Waals surface area contributed by atoms with Gasteiger partial charge in [-0.2, -0.15) is 0 Å². The lowest BCUT2D eigenvalue weighted by Crippen LogP contribution is -2.46. The summed E-state index contributed by atoms with van der Waals surface area (Å²) in [7, 11) is 3.67. The lowest BCUT2D eigenvalue weighted by atomic mass is 10.0. The van der Waals surface area contributed by atoms with Gasteiger partial charge in [-0.15, -0.1) is 0 Å². The molecule has 1 aliphatic heterocycles. The van der Waals surface area contributed by atoms with Crippen LogP contribution >= 0.6 is 0 Å². The molecule has 41 heavy (non-hydrogen) atoms. The topological polar surface area (TPSA) is 67.2 Å². The Hall–Kier alpha value is -4.59. The lowest BCUT2D eigenvalue weighted by molar-refractivity contribution is 0.0878. The molecular formula is C34H32N4O3. The Morgan fingerprint density at radius 3 is 2.24 bits per heavy atom. The number of likely N-dealkylation sites (N-methyl/N-ethyl adjacent to an activating group) is 1. The first kappa shape index (κ1) is 26.6. The van der Waals surface area contributed by atoms with Gasteiger partial charge >= 0.3 is 0 Å². The van der Waals surface area contributed by atoms with E-state index in [1.165, 1.54) is 0 Å². The number of ketones is 2. The van der Waals surface area contributed by atoms with Gasteiger partial charge in [-0.25, -0.2) is 4.98 Å². The highest BCUT2D eigenvalue weighted by Crippen LogP contribution is 2.28. The van der Waals surface area contributed by atoms with Gasteiger partial charge in [0, 0.05) is 42.9 Å². The number of hydrogen-bond acceptors (Lipinski definition) is 6. The largest absolute Gasteiger partial charge is 0.497 e. The molecule has 6 rings (SSSR count). The third kappa shape index (κ3) is 5.55. The Bertz CT molecular complexity index is 1700. The molecule has 3 heterocycles. The minimum absolute atomic E-state index is 0.00618. The van der Waals surface area contributed by atoms with Gasteiger partial charge in [0.25, 0.3) is 0 Å². The molecule has 7 heteroatoms. The van der Waals surface area contributed by atoms with E-state index in [0.717, 1.165) is 48.6 Å². The van der Waals surface area contributed by atoms with Gasteiger partial charge in [0.1, 0.15) is 12.1 Å². The summed E-state index contributed by atoms with van der Waals surface area (Å²) in [5.74, 6) is 0.398. The highest BCUT2D eigenvalue weighted by atomic mass is 16.5. The Balaban J connectivity index is 1.39. The van der Waals surface area contributed by atoms with Crippen LogP contribution in [0.2, 0.25) is 0 Å². The summed E-state index contributed by atoms with van der Waals surface area (Å²) in [5, 5.41) is 0. The lowest BCUT2D eigenvalue weighted by Gasteiger charge is -2.31. The maximum absolute atomic E-state index is 13.7. The van der Waals surface area contributed by atoms with E-state index in [1.54, 1.807) is 48.2 Å². The van der Waals surface area contributed by atoms with E-state index in [4.69, 9.17) is 9.72 Å². The normalized spacial score (nSPS) is 14.3. The van der Waals surface area contributed by atoms with Gasteiger partial charge in [0.2, 0.25) is 5.78 Å². The molecule has 0 N–H and O–H groups in total. The number of piperazine rings is 1. The predicted octanol–water partition coefficient (Wildman–Crippen LogP) is 5.34. The average Bonchev–Trinajstić information content (AvgIpc) is 3.41. The fourth-order valence-corrected chi connectivity index (χ4v) is 5.32. The van der Waals surface area contributed by atoms with Crippen molar-refractivity contribution in [2.45, 2.75) is 0 Å². The summed E-state index contributed by atoms with van der Waals surface area (Å²) in [5.41, 5.74) is 6.03. The third-order valence-electron chi connectivity index (χ3n) is 7.78. The number of fused-ring (bicyclic) bond motifs is 1. The maximum Gasteiger partial charge on any atom is 0.209 e. The maximum atomic E-state index is 13.7. The first-order chi connectivity index (χ1) is 20.0. The second-order valence-corrected chi connectivity index (χ2v) is 10.5. The van der Waals surface area contributed by atoms with E-state index in [2.05, 4.69) is 41.1 Å². The van der Waals surface area contributed by atoms with Crippen molar-refractivity contribution in [1.29, 1.82) is 0 Å². The molecule has 2 aromatic heterocycles. The van der Waals surface area contributed by atoms with Gasteiger partial charge in [-0.05, 0) is 42.4 Å². The zero-order valence-corrected chi connectivity index (χ0v) is 23.3. The zero-order chi connectivity index (χ0) is 28.3. The molecule has 1 saturated heterocycles. The molecule has 3 aromatic carbocycles. The number of aromatic nitrogens is 2. The fraction of sp³-hybridized carbons (Fsp3) is 0.206. The van der Waals surface area contributed by atoms with E-state index in [9.17, 15) is 9.59 Å². The van der Waals surface area contributed by atoms with Crippen LogP contribution in [0.15, 0.2) is 97.3 Å². The van der Waals surface area contributed by atoms with Crippen molar-refractivity contribution in [3.8, 4) is 28.1 Å². The molecule has 0 bridgehead atoms. The monoisotopic (exact) mass is 544 g/mol. The van der Waals surface area contributed by atoms with Gasteiger partial charge < -0.3 is 9.64 Å². The molecule has 5 aromatic rings. The standard InChI is InChI=1S/C34H32N4O3/c1-36-15-17-37(18-16-36)22-33(39)29-20-32(34(40)27-9-6-10-28(19-27)41-2)38-23-35-30(21-31(29)38)26-13-11-25(12-14-26)24-7-4-3-5-8-24/h3-14,19-21,23H,15-18,22H2,1-2H3. The highest BCUT2D eigenvalue weighted by Gasteiger charge is 2.24. The average molecular weight is 545 g/mol. The molecule has 7 nitrogen and oxygen atoms in total. The zero-order valence-electron chi connectivity index (χ0n) is 23.3. The van der Waals surface area contributed by atoms with Crippen LogP contribution in [0.1, 0.15) is 26.4 Å². The van der Waals surface area contributed by atoms with Gasteiger partial charge in [-0.3, -0.25) is 18.9 Å². The summed E-state index contributed by atoms with van der Waals surface area (Å²) in [4.78, 5) is 36.5. The highest BCUT2D eigenvalue weighted by molar-refractivity contribution is 6.13. The van der Waals surface area contributed by atoms with E-state index < -0.39 is 0 Å². The number of carbonyl (C=O) groups is 2. The van der Waals surface area contributed by atoms with Crippen LogP contribution in [0.5, 0.6) is 5.75 Å². The Kier molecular flexibility index (Phi) is 7.46. The van der Waals surface area contributed by atoms with Crippen molar-refractivity contribution in [3.05, 3.63) is 114 Å². The fourth-order valence-electron chi connectivity index (χ4n) is 5.32. The molecule has 0 radical (unpaired) electrons. The minimum Gasteiger partial charge on any atom is -0.497 e. The molecular weight excluding hydrogens is 512 g/mol. The Morgan fingerprint density at radius 2 is 1.51 bits per heavy atom.